The molecule has 0 fully saturated rings. The van der Waals surface area contributed by atoms with Crippen molar-refractivity contribution in [2.24, 2.45) is 10.2 Å². The van der Waals surface area contributed by atoms with E-state index in [4.69, 9.17) is 11.5 Å². The minimum atomic E-state index is -4.49. The Morgan fingerprint density at radius 3 is 2.45 bits per heavy atom. The van der Waals surface area contributed by atoms with Crippen LogP contribution in [0.5, 0.6) is 0 Å². The number of nitrogen functional groups attached to an aromatic ring is 2. The maximum absolute atomic E-state index is 11.7. The van der Waals surface area contributed by atoms with E-state index in [0.717, 1.165) is 6.07 Å². The van der Waals surface area contributed by atoms with Crippen molar-refractivity contribution in [1.82, 2.24) is 9.97 Å². The Morgan fingerprint density at radius 2 is 1.86 bits per heavy atom. The van der Waals surface area contributed by atoms with E-state index >= 15 is 0 Å². The van der Waals surface area contributed by atoms with Gasteiger partial charge in [0.25, 0.3) is 15.7 Å². The van der Waals surface area contributed by atoms with Crippen LogP contribution in [-0.4, -0.2) is 22.9 Å². The first-order chi connectivity index (χ1) is 10.2. The smallest absolute Gasteiger partial charge is 0.296 e. The number of aryl methyl sites for hydroxylation is 1. The lowest BCUT2D eigenvalue weighted by atomic mass is 10.2. The highest BCUT2D eigenvalue weighted by atomic mass is 32.2. The summed E-state index contributed by atoms with van der Waals surface area (Å²) < 4.78 is 31.8. The minimum absolute atomic E-state index is 0.111. The summed E-state index contributed by atoms with van der Waals surface area (Å²) in [4.78, 5) is 17.0. The number of rotatable bonds is 3. The zero-order valence-corrected chi connectivity index (χ0v) is 12.1. The predicted octanol–water partition coefficient (Wildman–Crippen LogP) is 0.905. The van der Waals surface area contributed by atoms with Crippen molar-refractivity contribution in [3.05, 3.63) is 34.1 Å². The van der Waals surface area contributed by atoms with E-state index in [1.54, 1.807) is 13.0 Å². The number of anilines is 2. The van der Waals surface area contributed by atoms with Gasteiger partial charge in [-0.1, -0.05) is 12.1 Å². The summed E-state index contributed by atoms with van der Waals surface area (Å²) in [7, 11) is -4.49. The van der Waals surface area contributed by atoms with Crippen LogP contribution < -0.4 is 17.0 Å². The molecule has 0 saturated heterocycles. The number of H-pyrrole nitrogens is 1. The average Bonchev–Trinajstić information content (AvgIpc) is 2.37. The van der Waals surface area contributed by atoms with Gasteiger partial charge in [-0.2, -0.15) is 13.4 Å². The predicted molar refractivity (Wildman–Crippen MR) is 78.9 cm³/mol. The second-order valence-electron chi connectivity index (χ2n) is 4.28. The molecule has 2 aromatic rings. The number of hydrogen-bond acceptors (Lipinski definition) is 8. The first kappa shape index (κ1) is 15.6. The second kappa shape index (κ2) is 5.54. The van der Waals surface area contributed by atoms with Gasteiger partial charge in [0.2, 0.25) is 5.95 Å². The number of nitrogens with zero attached hydrogens (tertiary/aromatic N) is 3. The van der Waals surface area contributed by atoms with Crippen LogP contribution in [0.25, 0.3) is 0 Å². The molecule has 0 atom stereocenters. The number of benzene rings is 1. The summed E-state index contributed by atoms with van der Waals surface area (Å²) in [5.74, 6) is -0.442. The zero-order chi connectivity index (χ0) is 16.5. The second-order valence-corrected chi connectivity index (χ2v) is 5.67. The molecule has 1 heterocycles. The quantitative estimate of drug-likeness (QED) is 0.478. The van der Waals surface area contributed by atoms with Gasteiger partial charge >= 0.3 is 0 Å². The minimum Gasteiger partial charge on any atom is -0.382 e. The molecule has 11 heteroatoms. The van der Waals surface area contributed by atoms with Crippen molar-refractivity contribution in [1.29, 1.82) is 0 Å². The molecule has 0 bridgehead atoms. The van der Waals surface area contributed by atoms with Crippen LogP contribution in [0.3, 0.4) is 0 Å². The third kappa shape index (κ3) is 3.10. The molecule has 22 heavy (non-hydrogen) atoms. The molecule has 0 aliphatic heterocycles. The van der Waals surface area contributed by atoms with Crippen molar-refractivity contribution in [2.45, 2.75) is 11.8 Å². The molecule has 1 aromatic carbocycles. The fraction of sp³-hybridized carbons (Fsp3) is 0.0909. The van der Waals surface area contributed by atoms with Crippen molar-refractivity contribution >= 4 is 33.3 Å². The van der Waals surface area contributed by atoms with Gasteiger partial charge in [-0.25, -0.2) is 0 Å². The lowest BCUT2D eigenvalue weighted by Gasteiger charge is -2.04. The Balaban J connectivity index is 2.60. The van der Waals surface area contributed by atoms with Crippen molar-refractivity contribution in [3.8, 4) is 0 Å². The molecular weight excluding hydrogens is 312 g/mol. The van der Waals surface area contributed by atoms with Gasteiger partial charge in [0.05, 0.1) is 0 Å². The maximum atomic E-state index is 11.7. The summed E-state index contributed by atoms with van der Waals surface area (Å²) in [6.07, 6.45) is 0. The SMILES string of the molecule is Cc1cccc(S(=O)(=O)O)c1N=Nc1c(N)nc(N)[nH]c1=O. The maximum Gasteiger partial charge on any atom is 0.296 e. The standard InChI is InChI=1S/C11H12N6O4S/c1-5-3-2-4-6(22(19,20)21)7(5)16-17-8-9(12)14-11(13)15-10(8)18/h2-4H,1H3,(H,19,20,21)(H5,12,13,14,15,18). The summed E-state index contributed by atoms with van der Waals surface area (Å²) >= 11 is 0. The van der Waals surface area contributed by atoms with E-state index in [1.807, 2.05) is 0 Å². The molecule has 0 unspecified atom stereocenters. The molecular formula is C11H12N6O4S. The molecule has 2 rings (SSSR count). The van der Waals surface area contributed by atoms with E-state index in [9.17, 15) is 17.8 Å². The van der Waals surface area contributed by atoms with E-state index in [0.29, 0.717) is 5.56 Å². The molecule has 6 N–H and O–H groups in total. The topological polar surface area (TPSA) is 177 Å². The fourth-order valence-corrected chi connectivity index (χ4v) is 2.36. The molecule has 0 aliphatic carbocycles. The van der Waals surface area contributed by atoms with Crippen LogP contribution in [0.1, 0.15) is 5.56 Å². The highest BCUT2D eigenvalue weighted by Crippen LogP contribution is 2.29. The third-order valence-corrected chi connectivity index (χ3v) is 3.55. The van der Waals surface area contributed by atoms with E-state index in [-0.39, 0.29) is 23.1 Å². The van der Waals surface area contributed by atoms with Crippen molar-refractivity contribution < 1.29 is 13.0 Å². The Hall–Kier alpha value is -2.79. The van der Waals surface area contributed by atoms with Gasteiger partial charge < -0.3 is 11.5 Å². The number of azo groups is 1. The number of nitrogens with one attached hydrogen (secondary N) is 1. The fourth-order valence-electron chi connectivity index (χ4n) is 1.67. The van der Waals surface area contributed by atoms with Gasteiger partial charge in [-0.3, -0.25) is 14.3 Å². The number of aromatic amines is 1. The lowest BCUT2D eigenvalue weighted by Crippen LogP contribution is -2.13. The third-order valence-electron chi connectivity index (χ3n) is 2.67. The first-order valence-electron chi connectivity index (χ1n) is 5.84. The Kier molecular flexibility index (Phi) is 3.93. The lowest BCUT2D eigenvalue weighted by molar-refractivity contribution is 0.483. The van der Waals surface area contributed by atoms with Crippen LogP contribution in [0.15, 0.2) is 38.1 Å². The molecule has 116 valence electrons. The molecule has 0 amide bonds. The summed E-state index contributed by atoms with van der Waals surface area (Å²) in [6, 6.07) is 4.16. The average molecular weight is 324 g/mol. The molecule has 0 radical (unpaired) electrons. The van der Waals surface area contributed by atoms with Crippen LogP contribution in [0.2, 0.25) is 0 Å². The number of hydrogen-bond donors (Lipinski definition) is 4. The van der Waals surface area contributed by atoms with Gasteiger partial charge in [0.1, 0.15) is 10.6 Å². The van der Waals surface area contributed by atoms with Gasteiger partial charge in [0, 0.05) is 0 Å². The number of nitrogens with two attached hydrogens (primary N) is 2. The van der Waals surface area contributed by atoms with Crippen LogP contribution in [0, 0.1) is 6.92 Å². The largest absolute Gasteiger partial charge is 0.382 e. The summed E-state index contributed by atoms with van der Waals surface area (Å²) in [5, 5.41) is 7.31. The van der Waals surface area contributed by atoms with E-state index in [2.05, 4.69) is 20.2 Å². The Bertz CT molecular complexity index is 919. The normalized spacial score (nSPS) is 11.9. The number of aromatic nitrogens is 2. The van der Waals surface area contributed by atoms with Gasteiger partial charge in [-0.15, -0.1) is 10.2 Å². The summed E-state index contributed by atoms with van der Waals surface area (Å²) in [6.45, 7) is 1.57. The van der Waals surface area contributed by atoms with Crippen LogP contribution in [-0.2, 0) is 10.1 Å². The molecule has 10 nitrogen and oxygen atoms in total. The highest BCUT2D eigenvalue weighted by Gasteiger charge is 2.17. The van der Waals surface area contributed by atoms with E-state index in [1.165, 1.54) is 6.07 Å². The van der Waals surface area contributed by atoms with Gasteiger partial charge in [-0.05, 0) is 18.6 Å². The Morgan fingerprint density at radius 1 is 1.23 bits per heavy atom. The van der Waals surface area contributed by atoms with Gasteiger partial charge in [0.15, 0.2) is 11.5 Å². The van der Waals surface area contributed by atoms with Crippen LogP contribution >= 0.6 is 0 Å². The molecule has 0 saturated carbocycles. The highest BCUT2D eigenvalue weighted by molar-refractivity contribution is 7.86. The van der Waals surface area contributed by atoms with Crippen molar-refractivity contribution in [2.75, 3.05) is 11.5 Å². The zero-order valence-electron chi connectivity index (χ0n) is 11.3. The van der Waals surface area contributed by atoms with Crippen molar-refractivity contribution in [3.63, 3.8) is 0 Å². The summed E-state index contributed by atoms with van der Waals surface area (Å²) in [5.41, 5.74) is 10.1. The Labute approximate surface area is 124 Å². The van der Waals surface area contributed by atoms with E-state index < -0.39 is 20.6 Å². The molecule has 1 aromatic heterocycles. The molecule has 0 spiro atoms. The monoisotopic (exact) mass is 324 g/mol. The molecule has 0 aliphatic rings. The first-order valence-corrected chi connectivity index (χ1v) is 7.28. The van der Waals surface area contributed by atoms with Crippen LogP contribution in [0.4, 0.5) is 23.1 Å².